The fourth-order valence-corrected chi connectivity index (χ4v) is 2.20. The van der Waals surface area contributed by atoms with E-state index in [1.54, 1.807) is 37.4 Å². The molecule has 7 nitrogen and oxygen atoms in total. The van der Waals surface area contributed by atoms with E-state index in [0.717, 1.165) is 18.4 Å². The highest BCUT2D eigenvalue weighted by atomic mass is 16.5. The number of hydrazone groups is 1. The second kappa shape index (κ2) is 11.2. The van der Waals surface area contributed by atoms with Crippen LogP contribution in [0.4, 0.5) is 0 Å². The molecule has 0 aliphatic carbocycles. The number of carbonyl (C=O) groups is 1. The van der Waals surface area contributed by atoms with Crippen LogP contribution < -0.4 is 19.6 Å². The maximum atomic E-state index is 11.8. The molecule has 0 fully saturated rings. The smallest absolute Gasteiger partial charge is 0.277 e. The number of amides is 1. The first-order valence-electron chi connectivity index (χ1n) is 8.92. The normalized spacial score (nSPS) is 10.3. The van der Waals surface area contributed by atoms with Crippen molar-refractivity contribution >= 4 is 12.1 Å². The first-order valence-corrected chi connectivity index (χ1v) is 8.92. The lowest BCUT2D eigenvalue weighted by molar-refractivity contribution is -0.123. The molecule has 0 bridgehead atoms. The Bertz CT molecular complexity index is 842. The second-order valence-electron chi connectivity index (χ2n) is 5.83. The van der Waals surface area contributed by atoms with Gasteiger partial charge in [-0.15, -0.1) is 0 Å². The summed E-state index contributed by atoms with van der Waals surface area (Å²) in [4.78, 5) is 11.8. The van der Waals surface area contributed by atoms with Crippen LogP contribution in [0.15, 0.2) is 47.6 Å². The molecular weight excluding hydrogens is 358 g/mol. The number of ether oxygens (including phenoxy) is 3. The SMILES string of the molecule is CCCCOc1ccc(/C=N\NC(=O)COc2ccc(C#N)cc2)cc1OC. The largest absolute Gasteiger partial charge is 0.493 e. The number of methoxy groups -OCH3 is 1. The van der Waals surface area contributed by atoms with Gasteiger partial charge in [0, 0.05) is 0 Å². The fourth-order valence-electron chi connectivity index (χ4n) is 2.20. The summed E-state index contributed by atoms with van der Waals surface area (Å²) < 4.78 is 16.4. The summed E-state index contributed by atoms with van der Waals surface area (Å²) in [6.45, 7) is 2.55. The third kappa shape index (κ3) is 6.65. The first-order chi connectivity index (χ1) is 13.7. The average molecular weight is 381 g/mol. The number of carbonyl (C=O) groups excluding carboxylic acids is 1. The summed E-state index contributed by atoms with van der Waals surface area (Å²) in [5.41, 5.74) is 3.68. The Kier molecular flexibility index (Phi) is 8.34. The van der Waals surface area contributed by atoms with Crippen LogP contribution in [0.3, 0.4) is 0 Å². The molecule has 0 aliphatic heterocycles. The Hall–Kier alpha value is -3.53. The first kappa shape index (κ1) is 20.8. The van der Waals surface area contributed by atoms with Crippen LogP contribution in [0, 0.1) is 11.3 Å². The van der Waals surface area contributed by atoms with E-state index in [1.807, 2.05) is 18.2 Å². The maximum Gasteiger partial charge on any atom is 0.277 e. The third-order valence-electron chi connectivity index (χ3n) is 3.70. The molecule has 0 unspecified atom stereocenters. The molecule has 0 radical (unpaired) electrons. The minimum absolute atomic E-state index is 0.184. The highest BCUT2D eigenvalue weighted by molar-refractivity contribution is 5.83. The zero-order chi connectivity index (χ0) is 20.2. The zero-order valence-corrected chi connectivity index (χ0v) is 16.0. The predicted octanol–water partition coefficient (Wildman–Crippen LogP) is 3.27. The van der Waals surface area contributed by atoms with Crippen LogP contribution in [0.2, 0.25) is 0 Å². The Balaban J connectivity index is 1.83. The van der Waals surface area contributed by atoms with Crippen molar-refractivity contribution in [1.82, 2.24) is 5.43 Å². The van der Waals surface area contributed by atoms with Crippen LogP contribution in [0.25, 0.3) is 0 Å². The Labute approximate surface area is 164 Å². The number of hydrogen-bond acceptors (Lipinski definition) is 6. The van der Waals surface area contributed by atoms with Gasteiger partial charge in [-0.1, -0.05) is 13.3 Å². The van der Waals surface area contributed by atoms with E-state index in [0.29, 0.717) is 29.4 Å². The van der Waals surface area contributed by atoms with E-state index in [-0.39, 0.29) is 6.61 Å². The van der Waals surface area contributed by atoms with Crippen molar-refractivity contribution in [2.45, 2.75) is 19.8 Å². The van der Waals surface area contributed by atoms with Gasteiger partial charge in [0.05, 0.1) is 31.6 Å². The molecule has 1 N–H and O–H groups in total. The van der Waals surface area contributed by atoms with Crippen LogP contribution in [-0.2, 0) is 4.79 Å². The van der Waals surface area contributed by atoms with Gasteiger partial charge in [-0.25, -0.2) is 5.43 Å². The average Bonchev–Trinajstić information content (AvgIpc) is 2.73. The number of nitriles is 1. The summed E-state index contributed by atoms with van der Waals surface area (Å²) in [7, 11) is 1.57. The topological polar surface area (TPSA) is 92.9 Å². The zero-order valence-electron chi connectivity index (χ0n) is 16.0. The van der Waals surface area contributed by atoms with Gasteiger partial charge in [-0.05, 0) is 54.4 Å². The summed E-state index contributed by atoms with van der Waals surface area (Å²) in [5.74, 6) is 1.39. The summed E-state index contributed by atoms with van der Waals surface area (Å²) in [6.07, 6.45) is 3.54. The number of rotatable bonds is 10. The third-order valence-corrected chi connectivity index (χ3v) is 3.70. The van der Waals surface area contributed by atoms with E-state index in [2.05, 4.69) is 17.5 Å². The summed E-state index contributed by atoms with van der Waals surface area (Å²) in [5, 5.41) is 12.7. The van der Waals surface area contributed by atoms with Crippen molar-refractivity contribution in [2.24, 2.45) is 5.10 Å². The van der Waals surface area contributed by atoms with Crippen LogP contribution >= 0.6 is 0 Å². The lowest BCUT2D eigenvalue weighted by Crippen LogP contribution is -2.24. The van der Waals surface area contributed by atoms with Gasteiger partial charge >= 0.3 is 0 Å². The molecule has 28 heavy (non-hydrogen) atoms. The summed E-state index contributed by atoms with van der Waals surface area (Å²) in [6, 6.07) is 13.9. The Morgan fingerprint density at radius 1 is 1.18 bits per heavy atom. The van der Waals surface area contributed by atoms with Gasteiger partial charge in [0.25, 0.3) is 5.91 Å². The molecule has 0 aliphatic rings. The quantitative estimate of drug-likeness (QED) is 0.387. The minimum atomic E-state index is -0.396. The molecule has 0 atom stereocenters. The van der Waals surface area contributed by atoms with Crippen molar-refractivity contribution < 1.29 is 19.0 Å². The van der Waals surface area contributed by atoms with Crippen molar-refractivity contribution in [3.05, 3.63) is 53.6 Å². The van der Waals surface area contributed by atoms with Gasteiger partial charge in [0.15, 0.2) is 18.1 Å². The molecule has 0 heterocycles. The van der Waals surface area contributed by atoms with Crippen molar-refractivity contribution in [3.8, 4) is 23.3 Å². The van der Waals surface area contributed by atoms with E-state index < -0.39 is 5.91 Å². The molecule has 146 valence electrons. The molecule has 0 aromatic heterocycles. The van der Waals surface area contributed by atoms with E-state index in [1.165, 1.54) is 6.21 Å². The molecule has 0 spiro atoms. The van der Waals surface area contributed by atoms with E-state index >= 15 is 0 Å². The number of nitrogens with one attached hydrogen (secondary N) is 1. The highest BCUT2D eigenvalue weighted by Gasteiger charge is 2.05. The Morgan fingerprint density at radius 2 is 1.96 bits per heavy atom. The molecule has 2 aromatic rings. The van der Waals surface area contributed by atoms with Crippen LogP contribution in [0.1, 0.15) is 30.9 Å². The molecule has 0 saturated heterocycles. The second-order valence-corrected chi connectivity index (χ2v) is 5.83. The molecule has 7 heteroatoms. The van der Waals surface area contributed by atoms with Gasteiger partial charge in [0.1, 0.15) is 5.75 Å². The highest BCUT2D eigenvalue weighted by Crippen LogP contribution is 2.27. The summed E-state index contributed by atoms with van der Waals surface area (Å²) >= 11 is 0. The van der Waals surface area contributed by atoms with Crippen molar-refractivity contribution in [2.75, 3.05) is 20.3 Å². The minimum Gasteiger partial charge on any atom is -0.493 e. The van der Waals surface area contributed by atoms with Crippen LogP contribution in [-0.4, -0.2) is 32.4 Å². The van der Waals surface area contributed by atoms with Gasteiger partial charge < -0.3 is 14.2 Å². The lowest BCUT2D eigenvalue weighted by atomic mass is 10.2. The van der Waals surface area contributed by atoms with E-state index in [4.69, 9.17) is 19.5 Å². The van der Waals surface area contributed by atoms with Gasteiger partial charge in [-0.3, -0.25) is 4.79 Å². The molecule has 1 amide bonds. The number of nitrogens with zero attached hydrogens (tertiary/aromatic N) is 2. The predicted molar refractivity (Wildman–Crippen MR) is 106 cm³/mol. The lowest BCUT2D eigenvalue weighted by Gasteiger charge is -2.10. The molecule has 0 saturated carbocycles. The molecular formula is C21H23N3O4. The van der Waals surface area contributed by atoms with E-state index in [9.17, 15) is 4.79 Å². The fraction of sp³-hybridized carbons (Fsp3) is 0.286. The standard InChI is InChI=1S/C21H23N3O4/c1-3-4-11-27-19-10-7-17(12-20(19)26-2)14-23-24-21(25)15-28-18-8-5-16(13-22)6-9-18/h5-10,12,14H,3-4,11,15H2,1-2H3,(H,24,25)/b23-14-. The number of hydrogen-bond donors (Lipinski definition) is 1. The molecule has 2 aromatic carbocycles. The van der Waals surface area contributed by atoms with Crippen molar-refractivity contribution in [1.29, 1.82) is 5.26 Å². The monoisotopic (exact) mass is 381 g/mol. The van der Waals surface area contributed by atoms with Crippen molar-refractivity contribution in [3.63, 3.8) is 0 Å². The van der Waals surface area contributed by atoms with Crippen LogP contribution in [0.5, 0.6) is 17.2 Å². The number of benzene rings is 2. The Morgan fingerprint density at radius 3 is 2.64 bits per heavy atom. The maximum absolute atomic E-state index is 11.8. The molecule has 2 rings (SSSR count). The van der Waals surface area contributed by atoms with Gasteiger partial charge in [0.2, 0.25) is 0 Å². The number of unbranched alkanes of at least 4 members (excludes halogenated alkanes) is 1. The van der Waals surface area contributed by atoms with Gasteiger partial charge in [-0.2, -0.15) is 10.4 Å².